The number of para-hydroxylation sites is 1. The minimum absolute atomic E-state index is 0.523. The molecule has 0 saturated heterocycles. The number of hydrogen-bond donors (Lipinski definition) is 1. The Hall–Kier alpha value is -0.630. The monoisotopic (exact) mass is 233 g/mol. The molecule has 2 aliphatic rings. The summed E-state index contributed by atoms with van der Waals surface area (Å²) in [6.07, 6.45) is 3.93. The first-order valence-electron chi connectivity index (χ1n) is 6.19. The third kappa shape index (κ3) is 1.64. The van der Waals surface area contributed by atoms with E-state index in [1.165, 1.54) is 37.1 Å². The third-order valence-electron chi connectivity index (χ3n) is 4.15. The van der Waals surface area contributed by atoms with E-state index < -0.39 is 0 Å². The van der Waals surface area contributed by atoms with Crippen LogP contribution in [-0.2, 0) is 6.42 Å². The van der Waals surface area contributed by atoms with Crippen LogP contribution in [0.25, 0.3) is 0 Å². The molecule has 16 heavy (non-hydrogen) atoms. The molecule has 1 nitrogen and oxygen atoms in total. The van der Waals surface area contributed by atoms with Gasteiger partial charge in [0.15, 0.2) is 0 Å². The fourth-order valence-electron chi connectivity index (χ4n) is 2.77. The summed E-state index contributed by atoms with van der Waals surface area (Å²) in [5, 5.41) is 0. The van der Waals surface area contributed by atoms with Crippen molar-refractivity contribution in [2.24, 2.45) is 5.41 Å². The Kier molecular flexibility index (Phi) is 2.43. The zero-order chi connectivity index (χ0) is 11.2. The van der Waals surface area contributed by atoms with Crippen LogP contribution in [0.2, 0.25) is 0 Å². The second-order valence-corrected chi connectivity index (χ2v) is 5.78. The van der Waals surface area contributed by atoms with Crippen molar-refractivity contribution in [2.75, 3.05) is 17.2 Å². The standard InChI is InChI=1S/C14H19NS/c1-11-8-12-4-2-3-5-13(12)15(11)9-14(10-16)6-7-14/h2-5,11,16H,6-10H2,1H3. The van der Waals surface area contributed by atoms with Crippen LogP contribution in [0.1, 0.15) is 25.3 Å². The number of fused-ring (bicyclic) bond motifs is 1. The van der Waals surface area contributed by atoms with Crippen LogP contribution in [0, 0.1) is 5.41 Å². The van der Waals surface area contributed by atoms with E-state index in [0.29, 0.717) is 11.5 Å². The fourth-order valence-corrected chi connectivity index (χ4v) is 3.19. The zero-order valence-electron chi connectivity index (χ0n) is 9.82. The lowest BCUT2D eigenvalue weighted by Crippen LogP contribution is -2.35. The van der Waals surface area contributed by atoms with Crippen LogP contribution in [0.3, 0.4) is 0 Å². The van der Waals surface area contributed by atoms with Gasteiger partial charge < -0.3 is 4.90 Å². The highest BCUT2D eigenvalue weighted by Gasteiger charge is 2.44. The average molecular weight is 233 g/mol. The lowest BCUT2D eigenvalue weighted by molar-refractivity contribution is 0.531. The van der Waals surface area contributed by atoms with Crippen molar-refractivity contribution in [3.05, 3.63) is 29.8 Å². The first kappa shape index (κ1) is 10.5. The van der Waals surface area contributed by atoms with Gasteiger partial charge in [-0.1, -0.05) is 18.2 Å². The van der Waals surface area contributed by atoms with Crippen LogP contribution < -0.4 is 4.90 Å². The molecule has 0 spiro atoms. The maximum Gasteiger partial charge on any atom is 0.0402 e. The number of hydrogen-bond acceptors (Lipinski definition) is 2. The molecule has 1 aromatic rings. The van der Waals surface area contributed by atoms with Crippen LogP contribution in [0.5, 0.6) is 0 Å². The highest BCUT2D eigenvalue weighted by atomic mass is 32.1. The van der Waals surface area contributed by atoms with Gasteiger partial charge in [0, 0.05) is 18.3 Å². The Labute approximate surface area is 103 Å². The predicted octanol–water partition coefficient (Wildman–Crippen LogP) is 3.15. The lowest BCUT2D eigenvalue weighted by Gasteiger charge is -2.29. The molecular weight excluding hydrogens is 214 g/mol. The van der Waals surface area contributed by atoms with Crippen molar-refractivity contribution < 1.29 is 0 Å². The van der Waals surface area contributed by atoms with Crippen molar-refractivity contribution >= 4 is 18.3 Å². The molecule has 0 bridgehead atoms. The number of anilines is 1. The molecule has 1 fully saturated rings. The van der Waals surface area contributed by atoms with E-state index in [1.54, 1.807) is 0 Å². The van der Waals surface area contributed by atoms with Crippen molar-refractivity contribution in [1.29, 1.82) is 0 Å². The van der Waals surface area contributed by atoms with Crippen molar-refractivity contribution in [2.45, 2.75) is 32.2 Å². The smallest absolute Gasteiger partial charge is 0.0402 e. The normalized spacial score (nSPS) is 25.6. The molecule has 0 N–H and O–H groups in total. The summed E-state index contributed by atoms with van der Waals surface area (Å²) in [4.78, 5) is 2.60. The minimum Gasteiger partial charge on any atom is -0.368 e. The van der Waals surface area contributed by atoms with Gasteiger partial charge in [-0.05, 0) is 49.0 Å². The zero-order valence-corrected chi connectivity index (χ0v) is 10.7. The second kappa shape index (κ2) is 3.69. The summed E-state index contributed by atoms with van der Waals surface area (Å²) < 4.78 is 0. The van der Waals surface area contributed by atoms with Gasteiger partial charge in [-0.25, -0.2) is 0 Å². The summed E-state index contributed by atoms with van der Waals surface area (Å²) in [7, 11) is 0. The van der Waals surface area contributed by atoms with Crippen molar-refractivity contribution in [1.82, 2.24) is 0 Å². The largest absolute Gasteiger partial charge is 0.368 e. The van der Waals surface area contributed by atoms with E-state index in [2.05, 4.69) is 48.7 Å². The van der Waals surface area contributed by atoms with Gasteiger partial charge in [0.2, 0.25) is 0 Å². The second-order valence-electron chi connectivity index (χ2n) is 5.47. The topological polar surface area (TPSA) is 3.24 Å². The molecule has 0 amide bonds. The fraction of sp³-hybridized carbons (Fsp3) is 0.571. The highest BCUT2D eigenvalue weighted by Crippen LogP contribution is 2.49. The maximum atomic E-state index is 4.51. The minimum atomic E-state index is 0.523. The van der Waals surface area contributed by atoms with Gasteiger partial charge in [-0.15, -0.1) is 0 Å². The van der Waals surface area contributed by atoms with E-state index in [4.69, 9.17) is 0 Å². The van der Waals surface area contributed by atoms with Crippen LogP contribution in [0.4, 0.5) is 5.69 Å². The van der Waals surface area contributed by atoms with E-state index in [-0.39, 0.29) is 0 Å². The summed E-state index contributed by atoms with van der Waals surface area (Å²) in [6.45, 7) is 3.54. The van der Waals surface area contributed by atoms with Gasteiger partial charge in [0.1, 0.15) is 0 Å². The molecule has 0 aromatic heterocycles. The SMILES string of the molecule is CC1Cc2ccccc2N1CC1(CS)CC1. The summed E-state index contributed by atoms with van der Waals surface area (Å²) in [6, 6.07) is 9.51. The summed E-state index contributed by atoms with van der Waals surface area (Å²) in [5.41, 5.74) is 3.50. The van der Waals surface area contributed by atoms with Gasteiger partial charge in [-0.3, -0.25) is 0 Å². The van der Waals surface area contributed by atoms with Gasteiger partial charge in [0.05, 0.1) is 0 Å². The predicted molar refractivity (Wildman–Crippen MR) is 72.5 cm³/mol. The van der Waals surface area contributed by atoms with Crippen molar-refractivity contribution in [3.8, 4) is 0 Å². The molecule has 0 radical (unpaired) electrons. The highest BCUT2D eigenvalue weighted by molar-refractivity contribution is 7.80. The number of thiol groups is 1. The molecular formula is C14H19NS. The van der Waals surface area contributed by atoms with E-state index in [1.807, 2.05) is 0 Å². The number of nitrogens with zero attached hydrogens (tertiary/aromatic N) is 1. The average Bonchev–Trinajstić information content (AvgIpc) is 3.01. The Morgan fingerprint density at radius 1 is 1.38 bits per heavy atom. The number of rotatable bonds is 3. The van der Waals surface area contributed by atoms with E-state index in [9.17, 15) is 0 Å². The Balaban J connectivity index is 1.85. The van der Waals surface area contributed by atoms with E-state index in [0.717, 1.165) is 5.75 Å². The molecule has 1 aromatic carbocycles. The summed E-state index contributed by atoms with van der Waals surface area (Å²) in [5.74, 6) is 1.04. The molecule has 3 rings (SSSR count). The Morgan fingerprint density at radius 2 is 2.12 bits per heavy atom. The summed E-state index contributed by atoms with van der Waals surface area (Å²) >= 11 is 4.51. The molecule has 1 heterocycles. The first-order valence-corrected chi connectivity index (χ1v) is 6.83. The van der Waals surface area contributed by atoms with Gasteiger partial charge in [-0.2, -0.15) is 12.6 Å². The van der Waals surface area contributed by atoms with Crippen molar-refractivity contribution in [3.63, 3.8) is 0 Å². The molecule has 1 aliphatic carbocycles. The van der Waals surface area contributed by atoms with Crippen LogP contribution >= 0.6 is 12.6 Å². The number of benzene rings is 1. The van der Waals surface area contributed by atoms with Crippen LogP contribution in [0.15, 0.2) is 24.3 Å². The lowest BCUT2D eigenvalue weighted by atomic mass is 10.1. The molecule has 2 heteroatoms. The van der Waals surface area contributed by atoms with Crippen LogP contribution in [-0.4, -0.2) is 18.3 Å². The quantitative estimate of drug-likeness (QED) is 0.785. The molecule has 1 unspecified atom stereocenters. The molecule has 86 valence electrons. The molecule has 1 aliphatic heterocycles. The third-order valence-corrected chi connectivity index (χ3v) is 4.82. The Bertz CT molecular complexity index is 397. The first-order chi connectivity index (χ1) is 7.74. The Morgan fingerprint density at radius 3 is 2.81 bits per heavy atom. The molecule has 1 atom stereocenters. The van der Waals surface area contributed by atoms with Gasteiger partial charge >= 0.3 is 0 Å². The molecule has 1 saturated carbocycles. The van der Waals surface area contributed by atoms with E-state index >= 15 is 0 Å². The maximum absolute atomic E-state index is 4.51. The van der Waals surface area contributed by atoms with Gasteiger partial charge in [0.25, 0.3) is 0 Å².